The van der Waals surface area contributed by atoms with Crippen molar-refractivity contribution < 1.29 is 29.3 Å². The first kappa shape index (κ1) is 28.6. The number of fused-ring (bicyclic) bond motifs is 1. The standard InChI is InChI=1S/C28H46N2O6/c1-10-14-29(26(8,9)16-25(5,6)7)23(33)21-28-13-12-27(11-2,36-28)20(24(34)35)19(28)22(32)30(21)18(15-31)17(3)4/h10,17-21,31H,1,11-16H2,2-9H3,(H,34,35)/t18-,19-,20+,21?,27-,28?/m0/s1. The van der Waals surface area contributed by atoms with Gasteiger partial charge in [-0.15, -0.1) is 6.58 Å². The molecule has 2 unspecified atom stereocenters. The fourth-order valence-corrected chi connectivity index (χ4v) is 7.59. The predicted octanol–water partition coefficient (Wildman–Crippen LogP) is 3.47. The summed E-state index contributed by atoms with van der Waals surface area (Å²) in [5.41, 5.74) is -2.82. The molecule has 3 rings (SSSR count). The Labute approximate surface area is 216 Å². The fourth-order valence-electron chi connectivity index (χ4n) is 7.59. The highest BCUT2D eigenvalue weighted by Gasteiger charge is 2.79. The van der Waals surface area contributed by atoms with Crippen LogP contribution in [0.4, 0.5) is 0 Å². The Kier molecular flexibility index (Phi) is 7.50. The van der Waals surface area contributed by atoms with Crippen molar-refractivity contribution in [3.8, 4) is 0 Å². The van der Waals surface area contributed by atoms with Crippen LogP contribution in [0, 0.1) is 23.2 Å². The molecular formula is C28H46N2O6. The normalized spacial score (nSPS) is 32.7. The molecule has 36 heavy (non-hydrogen) atoms. The Balaban J connectivity index is 2.20. The summed E-state index contributed by atoms with van der Waals surface area (Å²) in [4.78, 5) is 44.5. The topological polar surface area (TPSA) is 107 Å². The zero-order valence-corrected chi connectivity index (χ0v) is 23.3. The summed E-state index contributed by atoms with van der Waals surface area (Å²) in [6.07, 6.45) is 3.77. The van der Waals surface area contributed by atoms with Gasteiger partial charge >= 0.3 is 5.97 Å². The smallest absolute Gasteiger partial charge is 0.310 e. The van der Waals surface area contributed by atoms with Gasteiger partial charge < -0.3 is 24.7 Å². The van der Waals surface area contributed by atoms with Gasteiger partial charge in [0.1, 0.15) is 17.6 Å². The van der Waals surface area contributed by atoms with Crippen LogP contribution in [0.1, 0.15) is 81.1 Å². The SMILES string of the molecule is C=CCN(C(=O)C1N([C@@H](CO)C(C)C)C(=O)[C@@H]2[C@H](C(=O)O)[C@]3(CC)CCC12O3)C(C)(C)CC(C)(C)C. The highest BCUT2D eigenvalue weighted by molar-refractivity contribution is 5.98. The molecule has 0 radical (unpaired) electrons. The number of carbonyl (C=O) groups excluding carboxylic acids is 2. The third kappa shape index (κ3) is 4.28. The second kappa shape index (κ2) is 9.43. The third-order valence-corrected chi connectivity index (χ3v) is 8.70. The minimum absolute atomic E-state index is 0.0657. The first-order chi connectivity index (χ1) is 16.5. The number of carboxylic acids is 1. The van der Waals surface area contributed by atoms with E-state index < -0.39 is 52.5 Å². The molecule has 8 nitrogen and oxygen atoms in total. The maximum absolute atomic E-state index is 14.6. The monoisotopic (exact) mass is 506 g/mol. The summed E-state index contributed by atoms with van der Waals surface area (Å²) in [6, 6.07) is -1.64. The van der Waals surface area contributed by atoms with E-state index in [1.54, 1.807) is 11.0 Å². The lowest BCUT2D eigenvalue weighted by Gasteiger charge is -2.47. The summed E-state index contributed by atoms with van der Waals surface area (Å²) in [7, 11) is 0. The minimum Gasteiger partial charge on any atom is -0.481 e. The molecule has 3 fully saturated rings. The van der Waals surface area contributed by atoms with Crippen LogP contribution in [-0.4, -0.2) is 79.8 Å². The Bertz CT molecular complexity index is 908. The zero-order valence-electron chi connectivity index (χ0n) is 23.3. The van der Waals surface area contributed by atoms with Gasteiger partial charge in [-0.1, -0.05) is 47.6 Å². The lowest BCUT2D eigenvalue weighted by atomic mass is 9.65. The summed E-state index contributed by atoms with van der Waals surface area (Å²) < 4.78 is 6.65. The average molecular weight is 507 g/mol. The van der Waals surface area contributed by atoms with Crippen LogP contribution in [0.5, 0.6) is 0 Å². The Morgan fingerprint density at radius 2 is 1.86 bits per heavy atom. The number of aliphatic hydroxyl groups excluding tert-OH is 1. The summed E-state index contributed by atoms with van der Waals surface area (Å²) in [5.74, 6) is -3.84. The highest BCUT2D eigenvalue weighted by Crippen LogP contribution is 2.65. The van der Waals surface area contributed by atoms with Gasteiger partial charge in [-0.05, 0) is 50.9 Å². The molecule has 0 aromatic heterocycles. The van der Waals surface area contributed by atoms with Crippen LogP contribution < -0.4 is 0 Å². The van der Waals surface area contributed by atoms with Crippen molar-refractivity contribution >= 4 is 17.8 Å². The van der Waals surface area contributed by atoms with Crippen molar-refractivity contribution in [2.75, 3.05) is 13.2 Å². The molecule has 3 aliphatic rings. The quantitative estimate of drug-likeness (QED) is 0.440. The molecule has 2 N–H and O–H groups in total. The van der Waals surface area contributed by atoms with Gasteiger partial charge in [0.15, 0.2) is 0 Å². The van der Waals surface area contributed by atoms with E-state index >= 15 is 0 Å². The molecule has 2 bridgehead atoms. The van der Waals surface area contributed by atoms with Crippen LogP contribution in [0.3, 0.4) is 0 Å². The number of hydrogen-bond donors (Lipinski definition) is 2. The molecule has 8 heteroatoms. The van der Waals surface area contributed by atoms with E-state index in [2.05, 4.69) is 27.4 Å². The second-order valence-electron chi connectivity index (χ2n) is 13.2. The van der Waals surface area contributed by atoms with Crippen LogP contribution >= 0.6 is 0 Å². The van der Waals surface area contributed by atoms with Crippen molar-refractivity contribution in [1.82, 2.24) is 9.80 Å². The molecule has 3 saturated heterocycles. The molecule has 204 valence electrons. The van der Waals surface area contributed by atoms with Crippen LogP contribution in [0.2, 0.25) is 0 Å². The second-order valence-corrected chi connectivity index (χ2v) is 13.2. The van der Waals surface area contributed by atoms with Gasteiger partial charge in [0, 0.05) is 12.1 Å². The summed E-state index contributed by atoms with van der Waals surface area (Å²) in [5, 5.41) is 20.6. The molecule has 3 heterocycles. The molecule has 0 aliphatic carbocycles. The Morgan fingerprint density at radius 3 is 2.31 bits per heavy atom. The lowest BCUT2D eigenvalue weighted by molar-refractivity contribution is -0.163. The fraction of sp³-hybridized carbons (Fsp3) is 0.821. The number of aliphatic hydroxyl groups is 1. The van der Waals surface area contributed by atoms with Crippen molar-refractivity contribution in [3.05, 3.63) is 12.7 Å². The Morgan fingerprint density at radius 1 is 1.25 bits per heavy atom. The number of likely N-dealkylation sites (tertiary alicyclic amines) is 1. The molecule has 0 aromatic carbocycles. The van der Waals surface area contributed by atoms with E-state index in [0.29, 0.717) is 25.7 Å². The molecular weight excluding hydrogens is 460 g/mol. The van der Waals surface area contributed by atoms with Gasteiger partial charge in [-0.2, -0.15) is 0 Å². The average Bonchev–Trinajstić information content (AvgIpc) is 3.34. The largest absolute Gasteiger partial charge is 0.481 e. The number of amides is 2. The Hall–Kier alpha value is -1.93. The molecule has 1 spiro atoms. The maximum Gasteiger partial charge on any atom is 0.310 e. The maximum atomic E-state index is 14.6. The summed E-state index contributed by atoms with van der Waals surface area (Å²) in [6.45, 7) is 19.9. The van der Waals surface area contributed by atoms with E-state index in [-0.39, 0.29) is 30.4 Å². The number of hydrogen-bond acceptors (Lipinski definition) is 5. The van der Waals surface area contributed by atoms with Crippen molar-refractivity contribution in [3.63, 3.8) is 0 Å². The van der Waals surface area contributed by atoms with E-state index in [1.807, 2.05) is 34.6 Å². The van der Waals surface area contributed by atoms with E-state index in [0.717, 1.165) is 0 Å². The molecule has 0 saturated carbocycles. The van der Waals surface area contributed by atoms with Gasteiger partial charge in [-0.3, -0.25) is 14.4 Å². The van der Waals surface area contributed by atoms with Gasteiger partial charge in [0.05, 0.1) is 24.2 Å². The summed E-state index contributed by atoms with van der Waals surface area (Å²) >= 11 is 0. The first-order valence-corrected chi connectivity index (χ1v) is 13.3. The van der Waals surface area contributed by atoms with Crippen molar-refractivity contribution in [2.24, 2.45) is 23.2 Å². The highest BCUT2D eigenvalue weighted by atomic mass is 16.5. The number of ether oxygens (including phenoxy) is 1. The number of carboxylic acid groups (broad SMARTS) is 1. The zero-order chi connectivity index (χ0) is 27.4. The van der Waals surface area contributed by atoms with Gasteiger partial charge in [-0.25, -0.2) is 0 Å². The van der Waals surface area contributed by atoms with E-state index in [4.69, 9.17) is 4.74 Å². The minimum atomic E-state index is -1.23. The van der Waals surface area contributed by atoms with E-state index in [9.17, 15) is 24.6 Å². The first-order valence-electron chi connectivity index (χ1n) is 13.3. The van der Waals surface area contributed by atoms with Crippen molar-refractivity contribution in [1.29, 1.82) is 0 Å². The van der Waals surface area contributed by atoms with E-state index in [1.165, 1.54) is 4.90 Å². The molecule has 2 amide bonds. The predicted molar refractivity (Wildman–Crippen MR) is 137 cm³/mol. The van der Waals surface area contributed by atoms with Crippen molar-refractivity contribution in [2.45, 2.75) is 110 Å². The number of carbonyl (C=O) groups is 3. The van der Waals surface area contributed by atoms with Gasteiger partial charge in [0.25, 0.3) is 0 Å². The molecule has 0 aromatic rings. The van der Waals surface area contributed by atoms with Crippen LogP contribution in [-0.2, 0) is 19.1 Å². The van der Waals surface area contributed by atoms with Gasteiger partial charge in [0.2, 0.25) is 11.8 Å². The lowest BCUT2D eigenvalue weighted by Crippen LogP contribution is -2.63. The number of nitrogens with zero attached hydrogens (tertiary/aromatic N) is 2. The van der Waals surface area contributed by atoms with Crippen LogP contribution in [0.25, 0.3) is 0 Å². The van der Waals surface area contributed by atoms with Crippen LogP contribution in [0.15, 0.2) is 12.7 Å². The third-order valence-electron chi connectivity index (χ3n) is 8.70. The molecule has 3 aliphatic heterocycles. The number of rotatable bonds is 10. The molecule has 6 atom stereocenters. The number of aliphatic carboxylic acids is 1.